The van der Waals surface area contributed by atoms with Crippen molar-refractivity contribution in [2.75, 3.05) is 12.3 Å². The van der Waals surface area contributed by atoms with E-state index >= 15 is 0 Å². The van der Waals surface area contributed by atoms with Crippen LogP contribution in [0, 0.1) is 6.92 Å². The molecule has 1 aromatic carbocycles. The van der Waals surface area contributed by atoms with E-state index in [9.17, 15) is 0 Å². The second-order valence-corrected chi connectivity index (χ2v) is 3.94. The second-order valence-electron chi connectivity index (χ2n) is 3.94. The Balaban J connectivity index is 1.90. The van der Waals surface area contributed by atoms with Gasteiger partial charge in [0.25, 0.3) is 0 Å². The maximum absolute atomic E-state index is 5.70. The molecule has 0 amide bonds. The molecule has 0 radical (unpaired) electrons. The molecule has 2 aromatic rings. The Bertz CT molecular complexity index is 483. The maximum Gasteiger partial charge on any atom is 0.122 e. The Morgan fingerprint density at radius 1 is 1.24 bits per heavy atom. The predicted octanol–water partition coefficient (Wildman–Crippen LogP) is 2.59. The molecule has 0 unspecified atom stereocenters. The molecule has 17 heavy (non-hydrogen) atoms. The van der Waals surface area contributed by atoms with E-state index < -0.39 is 0 Å². The van der Waals surface area contributed by atoms with Crippen LogP contribution in [0.3, 0.4) is 0 Å². The van der Waals surface area contributed by atoms with Crippen LogP contribution in [0.15, 0.2) is 42.6 Å². The van der Waals surface area contributed by atoms with Crippen molar-refractivity contribution in [2.45, 2.75) is 13.3 Å². The van der Waals surface area contributed by atoms with E-state index in [1.165, 1.54) is 0 Å². The summed E-state index contributed by atoms with van der Waals surface area (Å²) in [5.41, 5.74) is 8.55. The van der Waals surface area contributed by atoms with E-state index in [-0.39, 0.29) is 0 Å². The van der Waals surface area contributed by atoms with Crippen LogP contribution in [0.1, 0.15) is 11.3 Å². The first-order valence-corrected chi connectivity index (χ1v) is 5.64. The van der Waals surface area contributed by atoms with Crippen molar-refractivity contribution in [1.29, 1.82) is 0 Å². The number of anilines is 1. The lowest BCUT2D eigenvalue weighted by atomic mass is 10.2. The highest BCUT2D eigenvalue weighted by Gasteiger charge is 2.00. The summed E-state index contributed by atoms with van der Waals surface area (Å²) in [7, 11) is 0. The van der Waals surface area contributed by atoms with Gasteiger partial charge in [-0.1, -0.05) is 6.07 Å². The van der Waals surface area contributed by atoms with Gasteiger partial charge < -0.3 is 10.5 Å². The van der Waals surface area contributed by atoms with Gasteiger partial charge in [0.15, 0.2) is 0 Å². The van der Waals surface area contributed by atoms with Gasteiger partial charge in [-0.2, -0.15) is 0 Å². The van der Waals surface area contributed by atoms with E-state index in [4.69, 9.17) is 10.5 Å². The molecule has 88 valence electrons. The fourth-order valence-corrected chi connectivity index (χ4v) is 1.65. The lowest BCUT2D eigenvalue weighted by molar-refractivity contribution is 0.318. The summed E-state index contributed by atoms with van der Waals surface area (Å²) in [6.07, 6.45) is 2.61. The van der Waals surface area contributed by atoms with E-state index in [1.807, 2.05) is 43.3 Å². The van der Waals surface area contributed by atoms with Crippen LogP contribution < -0.4 is 10.5 Å². The first-order valence-electron chi connectivity index (χ1n) is 5.64. The molecule has 0 bridgehead atoms. The van der Waals surface area contributed by atoms with Crippen molar-refractivity contribution < 1.29 is 4.74 Å². The molecule has 3 heteroatoms. The fourth-order valence-electron chi connectivity index (χ4n) is 1.65. The largest absolute Gasteiger partial charge is 0.493 e. The van der Waals surface area contributed by atoms with Gasteiger partial charge in [-0.05, 0) is 42.8 Å². The van der Waals surface area contributed by atoms with E-state index in [1.54, 1.807) is 6.20 Å². The van der Waals surface area contributed by atoms with E-state index in [0.29, 0.717) is 6.61 Å². The zero-order chi connectivity index (χ0) is 12.1. The molecule has 3 nitrogen and oxygen atoms in total. The number of benzene rings is 1. The van der Waals surface area contributed by atoms with E-state index in [0.717, 1.165) is 29.1 Å². The van der Waals surface area contributed by atoms with Crippen LogP contribution in [0.4, 0.5) is 5.69 Å². The molecule has 1 heterocycles. The first-order chi connectivity index (χ1) is 8.25. The molecule has 2 N–H and O–H groups in total. The third kappa shape index (κ3) is 3.21. The number of pyridine rings is 1. The molecular formula is C14H16N2O. The lowest BCUT2D eigenvalue weighted by Crippen LogP contribution is -2.03. The minimum atomic E-state index is 0.627. The average Bonchev–Trinajstić information content (AvgIpc) is 2.33. The van der Waals surface area contributed by atoms with Gasteiger partial charge >= 0.3 is 0 Å². The highest BCUT2D eigenvalue weighted by molar-refractivity contribution is 5.47. The molecule has 0 spiro atoms. The molecule has 0 atom stereocenters. The van der Waals surface area contributed by atoms with Crippen molar-refractivity contribution in [2.24, 2.45) is 0 Å². The van der Waals surface area contributed by atoms with Crippen LogP contribution in [0.5, 0.6) is 5.75 Å². The zero-order valence-electron chi connectivity index (χ0n) is 9.89. The van der Waals surface area contributed by atoms with Gasteiger partial charge in [0.05, 0.1) is 6.61 Å². The minimum absolute atomic E-state index is 0.627. The third-order valence-corrected chi connectivity index (χ3v) is 2.54. The van der Waals surface area contributed by atoms with Gasteiger partial charge in [-0.15, -0.1) is 0 Å². The van der Waals surface area contributed by atoms with Gasteiger partial charge in [0.2, 0.25) is 0 Å². The maximum atomic E-state index is 5.70. The number of nitrogen functional groups attached to an aromatic ring is 1. The van der Waals surface area contributed by atoms with Gasteiger partial charge in [-0.25, -0.2) is 0 Å². The van der Waals surface area contributed by atoms with Crippen LogP contribution >= 0.6 is 0 Å². The Labute approximate surface area is 101 Å². The SMILES string of the molecule is Cc1cc(N)ccc1OCCc1ccccn1. The van der Waals surface area contributed by atoms with Gasteiger partial charge in [-0.3, -0.25) is 4.98 Å². The predicted molar refractivity (Wildman–Crippen MR) is 69.0 cm³/mol. The highest BCUT2D eigenvalue weighted by atomic mass is 16.5. The molecular weight excluding hydrogens is 212 g/mol. The van der Waals surface area contributed by atoms with Crippen molar-refractivity contribution in [3.05, 3.63) is 53.9 Å². The molecule has 2 rings (SSSR count). The summed E-state index contributed by atoms with van der Waals surface area (Å²) in [5.74, 6) is 0.884. The van der Waals surface area contributed by atoms with Crippen LogP contribution in [0.2, 0.25) is 0 Å². The standard InChI is InChI=1S/C14H16N2O/c1-11-10-12(15)5-6-14(11)17-9-7-13-4-2-3-8-16-13/h2-6,8,10H,7,9,15H2,1H3. The Hall–Kier alpha value is -2.03. The number of nitrogens with two attached hydrogens (primary N) is 1. The number of hydrogen-bond acceptors (Lipinski definition) is 3. The van der Waals surface area contributed by atoms with Crippen molar-refractivity contribution in [3.8, 4) is 5.75 Å². The molecule has 0 saturated heterocycles. The monoisotopic (exact) mass is 228 g/mol. The summed E-state index contributed by atoms with van der Waals surface area (Å²) in [6, 6.07) is 11.6. The third-order valence-electron chi connectivity index (χ3n) is 2.54. The minimum Gasteiger partial charge on any atom is -0.493 e. The van der Waals surface area contributed by atoms with Crippen LogP contribution in [-0.4, -0.2) is 11.6 Å². The fraction of sp³-hybridized carbons (Fsp3) is 0.214. The van der Waals surface area contributed by atoms with Gasteiger partial charge in [0.1, 0.15) is 5.75 Å². The highest BCUT2D eigenvalue weighted by Crippen LogP contribution is 2.20. The normalized spacial score (nSPS) is 10.2. The van der Waals surface area contributed by atoms with Crippen LogP contribution in [-0.2, 0) is 6.42 Å². The summed E-state index contributed by atoms with van der Waals surface area (Å²) >= 11 is 0. The number of aromatic nitrogens is 1. The van der Waals surface area contributed by atoms with Crippen LogP contribution in [0.25, 0.3) is 0 Å². The number of rotatable bonds is 4. The summed E-state index contributed by atoms with van der Waals surface area (Å²) in [5, 5.41) is 0. The Morgan fingerprint density at radius 3 is 2.82 bits per heavy atom. The molecule has 0 aliphatic rings. The van der Waals surface area contributed by atoms with Gasteiger partial charge in [0, 0.05) is 24.0 Å². The Morgan fingerprint density at radius 2 is 2.12 bits per heavy atom. The summed E-state index contributed by atoms with van der Waals surface area (Å²) in [4.78, 5) is 4.25. The van der Waals surface area contributed by atoms with Crippen molar-refractivity contribution in [3.63, 3.8) is 0 Å². The summed E-state index contributed by atoms with van der Waals surface area (Å²) < 4.78 is 5.70. The topological polar surface area (TPSA) is 48.1 Å². The number of nitrogens with zero attached hydrogens (tertiary/aromatic N) is 1. The molecule has 0 aliphatic carbocycles. The first kappa shape index (κ1) is 11.5. The average molecular weight is 228 g/mol. The molecule has 1 aromatic heterocycles. The lowest BCUT2D eigenvalue weighted by Gasteiger charge is -2.09. The van der Waals surface area contributed by atoms with E-state index in [2.05, 4.69) is 4.98 Å². The smallest absolute Gasteiger partial charge is 0.122 e. The van der Waals surface area contributed by atoms with Crippen molar-refractivity contribution in [1.82, 2.24) is 4.98 Å². The number of ether oxygens (including phenoxy) is 1. The quantitative estimate of drug-likeness (QED) is 0.818. The number of aryl methyl sites for hydroxylation is 1. The molecule has 0 aliphatic heterocycles. The Kier molecular flexibility index (Phi) is 3.60. The van der Waals surface area contributed by atoms with Crippen molar-refractivity contribution >= 4 is 5.69 Å². The zero-order valence-corrected chi connectivity index (χ0v) is 9.89. The molecule has 0 saturated carbocycles. The molecule has 0 fully saturated rings. The second kappa shape index (κ2) is 5.34. The summed E-state index contributed by atoms with van der Waals surface area (Å²) in [6.45, 7) is 2.62. The number of hydrogen-bond donors (Lipinski definition) is 1.